The van der Waals surface area contributed by atoms with Gasteiger partial charge in [-0.15, -0.1) is 0 Å². The number of furan rings is 2. The molecular weight excluding hydrogens is 976 g/mol. The minimum atomic E-state index is 0.0461. The molecule has 0 saturated heterocycles. The number of benzene rings is 11. The van der Waals surface area contributed by atoms with Gasteiger partial charge >= 0.3 is 14.0 Å². The Morgan fingerprint density at radius 1 is 0.300 bits per heavy atom. The van der Waals surface area contributed by atoms with E-state index in [0.29, 0.717) is 0 Å². The second-order valence-corrected chi connectivity index (χ2v) is 21.7. The molecule has 0 aliphatic carbocycles. The zero-order valence-electron chi connectivity index (χ0n) is 42.9. The van der Waals surface area contributed by atoms with Crippen molar-refractivity contribution >= 4 is 135 Å². The molecule has 4 aliphatic heterocycles. The quantitative estimate of drug-likeness (QED) is 0.162. The average molecular weight is 1020 g/mol. The Labute approximate surface area is 458 Å². The lowest BCUT2D eigenvalue weighted by molar-refractivity contribution is 0.668. The Bertz CT molecular complexity index is 5400. The van der Waals surface area contributed by atoms with Crippen LogP contribution >= 0.6 is 0 Å². The van der Waals surface area contributed by atoms with Gasteiger partial charge in [0.05, 0.1) is 39.5 Å². The molecular formula is C71H41B2N5O2. The summed E-state index contributed by atoms with van der Waals surface area (Å²) in [6.07, 6.45) is 0. The van der Waals surface area contributed by atoms with Crippen LogP contribution in [0.4, 0.5) is 22.7 Å². The smallest absolute Gasteiger partial charge is 0.421 e. The Balaban J connectivity index is 0.000000120. The van der Waals surface area contributed by atoms with Crippen LogP contribution in [-0.4, -0.2) is 27.9 Å². The summed E-state index contributed by atoms with van der Waals surface area (Å²) in [6, 6.07) is 89.5. The summed E-state index contributed by atoms with van der Waals surface area (Å²) < 4.78 is 17.3. The van der Waals surface area contributed by atoms with Crippen molar-refractivity contribution in [2.45, 2.75) is 0 Å². The van der Waals surface area contributed by atoms with Crippen LogP contribution in [0.3, 0.4) is 0 Å². The van der Waals surface area contributed by atoms with Gasteiger partial charge in [0.25, 0.3) is 0 Å². The van der Waals surface area contributed by atoms with Crippen molar-refractivity contribution in [3.05, 3.63) is 249 Å². The van der Waals surface area contributed by atoms with Gasteiger partial charge in [0, 0.05) is 76.5 Å². The van der Waals surface area contributed by atoms with Crippen LogP contribution in [0.2, 0.25) is 0 Å². The first kappa shape index (κ1) is 42.6. The van der Waals surface area contributed by atoms with E-state index < -0.39 is 0 Å². The van der Waals surface area contributed by atoms with Gasteiger partial charge in [-0.3, -0.25) is 0 Å². The molecule has 0 atom stereocenters. The van der Waals surface area contributed by atoms with Crippen LogP contribution in [0.5, 0.6) is 0 Å². The monoisotopic (exact) mass is 1020 g/mol. The van der Waals surface area contributed by atoms with Crippen LogP contribution < -0.4 is 20.5 Å². The summed E-state index contributed by atoms with van der Waals surface area (Å²) in [5, 5.41) is 9.75. The zero-order chi connectivity index (χ0) is 51.9. The topological polar surface area (TPSA) is 55.5 Å². The third-order valence-electron chi connectivity index (χ3n) is 17.7. The molecule has 0 fully saturated rings. The molecule has 0 unspecified atom stereocenters. The first-order chi connectivity index (χ1) is 39.7. The van der Waals surface area contributed by atoms with Crippen LogP contribution in [0.25, 0.3) is 132 Å². The normalized spacial score (nSPS) is 13.4. The zero-order valence-corrected chi connectivity index (χ0v) is 42.9. The maximum absolute atomic E-state index is 6.14. The van der Waals surface area contributed by atoms with Crippen molar-refractivity contribution in [2.75, 3.05) is 9.62 Å². The van der Waals surface area contributed by atoms with Crippen molar-refractivity contribution in [1.82, 2.24) is 13.9 Å². The standard InChI is InChI=1S/C36H21BN2O.C35H20BN3O/c1-5-13-30-24(9-1)25-10-2-6-14-31(25)38-33-21-23(20-29-26-11-3-7-15-32(26)39(36(29)33)37(30)38)22-17-18-35-28(19-22)27-12-4-8-16-34(27)40-35;1-4-12-27-25(10-1)34-30(38-31-14-7-11-24-22-8-2-5-13-29(22)39(35(24)31)36(27)38)18-17-28(37-34)21-16-19-33-26(20-21)23-9-3-6-15-32(23)40-33/h1-21H;1-20H. The highest BCUT2D eigenvalue weighted by molar-refractivity contribution is 6.83. The number of nitrogens with zero attached hydrogens (tertiary/aromatic N) is 5. The Morgan fingerprint density at radius 3 is 1.52 bits per heavy atom. The van der Waals surface area contributed by atoms with Gasteiger partial charge in [0.2, 0.25) is 0 Å². The molecule has 80 heavy (non-hydrogen) atoms. The van der Waals surface area contributed by atoms with Crippen molar-refractivity contribution in [3.63, 3.8) is 0 Å². The molecule has 0 saturated carbocycles. The Hall–Kier alpha value is -10.5. The number of hydrogen-bond acceptors (Lipinski definition) is 5. The second-order valence-electron chi connectivity index (χ2n) is 21.7. The molecule has 0 radical (unpaired) electrons. The van der Waals surface area contributed by atoms with Gasteiger partial charge in [-0.25, -0.2) is 4.98 Å². The molecule has 16 aromatic rings. The largest absolute Gasteiger partial charge is 0.456 e. The predicted octanol–water partition coefficient (Wildman–Crippen LogP) is 16.9. The third-order valence-corrected chi connectivity index (χ3v) is 17.7. The number of aromatic nitrogens is 3. The Morgan fingerprint density at radius 2 is 0.800 bits per heavy atom. The van der Waals surface area contributed by atoms with E-state index >= 15 is 0 Å². The number of hydrogen-bond donors (Lipinski definition) is 0. The highest BCUT2D eigenvalue weighted by Gasteiger charge is 2.47. The van der Waals surface area contributed by atoms with Crippen molar-refractivity contribution in [3.8, 4) is 44.8 Å². The highest BCUT2D eigenvalue weighted by atomic mass is 16.3. The van der Waals surface area contributed by atoms with Gasteiger partial charge in [0.1, 0.15) is 22.3 Å². The lowest BCUT2D eigenvalue weighted by Crippen LogP contribution is -2.51. The van der Waals surface area contributed by atoms with E-state index in [4.69, 9.17) is 13.8 Å². The van der Waals surface area contributed by atoms with Crippen LogP contribution in [0.15, 0.2) is 258 Å². The van der Waals surface area contributed by atoms with Crippen molar-refractivity contribution in [2.24, 2.45) is 0 Å². The molecule has 9 heterocycles. The van der Waals surface area contributed by atoms with Crippen LogP contribution in [0, 0.1) is 0 Å². The summed E-state index contributed by atoms with van der Waals surface area (Å²) in [4.78, 5) is 10.4. The lowest BCUT2D eigenvalue weighted by Gasteiger charge is -2.34. The van der Waals surface area contributed by atoms with E-state index in [-0.39, 0.29) is 14.0 Å². The van der Waals surface area contributed by atoms with Crippen LogP contribution in [-0.2, 0) is 0 Å². The fraction of sp³-hybridized carbons (Fsp3) is 0. The average Bonchev–Trinajstić information content (AvgIpc) is 4.14. The summed E-state index contributed by atoms with van der Waals surface area (Å²) in [5.74, 6) is 0. The first-order valence-electron chi connectivity index (χ1n) is 27.5. The van der Waals surface area contributed by atoms with Crippen molar-refractivity contribution < 1.29 is 8.83 Å². The van der Waals surface area contributed by atoms with E-state index in [9.17, 15) is 0 Å². The number of rotatable bonds is 2. The van der Waals surface area contributed by atoms with Gasteiger partial charge < -0.3 is 27.4 Å². The number of fused-ring (bicyclic) bond motifs is 28. The minimum Gasteiger partial charge on any atom is -0.456 e. The Kier molecular flexibility index (Phi) is 8.30. The summed E-state index contributed by atoms with van der Waals surface area (Å²) in [5.41, 5.74) is 25.6. The minimum absolute atomic E-state index is 0.0461. The van der Waals surface area contributed by atoms with E-state index in [1.54, 1.807) is 0 Å². The number of pyridine rings is 1. The molecule has 9 heteroatoms. The predicted molar refractivity (Wildman–Crippen MR) is 332 cm³/mol. The summed E-state index contributed by atoms with van der Waals surface area (Å²) in [6.45, 7) is 0.115. The van der Waals surface area contributed by atoms with Crippen LogP contribution in [0.1, 0.15) is 0 Å². The molecule has 0 spiro atoms. The molecule has 20 rings (SSSR count). The molecule has 5 aromatic heterocycles. The molecule has 11 aromatic carbocycles. The first-order valence-corrected chi connectivity index (χ1v) is 27.5. The molecule has 0 N–H and O–H groups in total. The molecule has 368 valence electrons. The fourth-order valence-corrected chi connectivity index (χ4v) is 14.4. The number of para-hydroxylation sites is 6. The van der Waals surface area contributed by atoms with E-state index in [0.717, 1.165) is 66.5 Å². The fourth-order valence-electron chi connectivity index (χ4n) is 14.4. The maximum Gasteiger partial charge on any atom is 0.421 e. The summed E-state index contributed by atoms with van der Waals surface area (Å²) >= 11 is 0. The number of anilines is 4. The molecule has 4 aliphatic rings. The van der Waals surface area contributed by atoms with E-state index in [1.807, 2.05) is 24.3 Å². The second kappa shape index (κ2) is 15.6. The highest BCUT2D eigenvalue weighted by Crippen LogP contribution is 2.52. The van der Waals surface area contributed by atoms with Gasteiger partial charge in [0.15, 0.2) is 0 Å². The van der Waals surface area contributed by atoms with Gasteiger partial charge in [-0.05, 0) is 119 Å². The summed E-state index contributed by atoms with van der Waals surface area (Å²) in [7, 11) is 0. The SMILES string of the molecule is c1ccc2c(c1)B1N(c3ccc(-c4ccc5oc6ccccc6c5c4)nc3-2)c2cccc3c4ccccc4n1c23.c1ccc2c(c1)B1N(c3ccccc3-2)c2cc(-c3ccc4oc5ccccc5c4c3)cc3c4ccccc4n1c23. The van der Waals surface area contributed by atoms with Gasteiger partial charge in [-0.1, -0.05) is 158 Å². The third kappa shape index (κ3) is 5.57. The molecule has 0 bridgehead atoms. The molecule has 0 amide bonds. The lowest BCUT2D eigenvalue weighted by atomic mass is 9.60. The van der Waals surface area contributed by atoms with E-state index in [1.165, 1.54) is 99.4 Å². The van der Waals surface area contributed by atoms with Gasteiger partial charge in [-0.2, -0.15) is 0 Å². The molecule has 7 nitrogen and oxygen atoms in total. The maximum atomic E-state index is 6.14. The van der Waals surface area contributed by atoms with E-state index in [2.05, 4.69) is 243 Å². The van der Waals surface area contributed by atoms with Crippen molar-refractivity contribution in [1.29, 1.82) is 0 Å².